The SMILES string of the molecule is C=CCNC(=O)CN1CCN(C(=O)C2CNCCO2)CC1. The fraction of sp³-hybridized carbons (Fsp3) is 0.714. The van der Waals surface area contributed by atoms with Crippen LogP contribution in [0.4, 0.5) is 0 Å². The molecule has 0 aromatic heterocycles. The number of nitrogens with one attached hydrogen (secondary N) is 2. The highest BCUT2D eigenvalue weighted by Crippen LogP contribution is 2.07. The first kappa shape index (κ1) is 15.9. The molecule has 118 valence electrons. The Balaban J connectivity index is 1.71. The van der Waals surface area contributed by atoms with Crippen LogP contribution in [0.15, 0.2) is 12.7 Å². The summed E-state index contributed by atoms with van der Waals surface area (Å²) in [4.78, 5) is 27.8. The standard InChI is InChI=1S/C14H24N4O3/c1-2-3-16-13(19)11-17-5-7-18(8-6-17)14(20)12-10-15-4-9-21-12/h2,12,15H,1,3-11H2,(H,16,19). The van der Waals surface area contributed by atoms with Gasteiger partial charge in [0.1, 0.15) is 6.10 Å². The Bertz CT molecular complexity index is 374. The lowest BCUT2D eigenvalue weighted by Gasteiger charge is -2.36. The van der Waals surface area contributed by atoms with E-state index < -0.39 is 0 Å². The summed E-state index contributed by atoms with van der Waals surface area (Å²) in [6.45, 7) is 9.12. The number of hydrogen-bond donors (Lipinski definition) is 2. The second-order valence-electron chi connectivity index (χ2n) is 5.26. The Hall–Kier alpha value is -1.44. The van der Waals surface area contributed by atoms with Gasteiger partial charge in [-0.2, -0.15) is 0 Å². The van der Waals surface area contributed by atoms with Crippen molar-refractivity contribution in [3.63, 3.8) is 0 Å². The van der Waals surface area contributed by atoms with E-state index >= 15 is 0 Å². The number of morpholine rings is 1. The van der Waals surface area contributed by atoms with Gasteiger partial charge in [0.2, 0.25) is 5.91 Å². The number of piperazine rings is 1. The van der Waals surface area contributed by atoms with Crippen LogP contribution in [0, 0.1) is 0 Å². The molecule has 2 fully saturated rings. The molecule has 2 aliphatic rings. The van der Waals surface area contributed by atoms with Crippen molar-refractivity contribution in [1.29, 1.82) is 0 Å². The summed E-state index contributed by atoms with van der Waals surface area (Å²) in [5, 5.41) is 5.92. The number of carbonyl (C=O) groups is 2. The number of amides is 2. The molecular weight excluding hydrogens is 272 g/mol. The van der Waals surface area contributed by atoms with Gasteiger partial charge < -0.3 is 20.3 Å². The van der Waals surface area contributed by atoms with E-state index in [2.05, 4.69) is 22.1 Å². The Labute approximate surface area is 125 Å². The molecule has 7 nitrogen and oxygen atoms in total. The maximum Gasteiger partial charge on any atom is 0.253 e. The van der Waals surface area contributed by atoms with Gasteiger partial charge in [-0.1, -0.05) is 6.08 Å². The van der Waals surface area contributed by atoms with E-state index in [-0.39, 0.29) is 17.9 Å². The van der Waals surface area contributed by atoms with E-state index in [0.717, 1.165) is 6.54 Å². The van der Waals surface area contributed by atoms with Crippen LogP contribution >= 0.6 is 0 Å². The molecule has 0 radical (unpaired) electrons. The molecule has 2 aliphatic heterocycles. The monoisotopic (exact) mass is 296 g/mol. The Kier molecular flexibility index (Phi) is 6.16. The van der Waals surface area contributed by atoms with E-state index in [4.69, 9.17) is 4.74 Å². The average Bonchev–Trinajstić information content (AvgIpc) is 2.54. The Morgan fingerprint density at radius 2 is 2.10 bits per heavy atom. The van der Waals surface area contributed by atoms with Crippen LogP contribution in [0.5, 0.6) is 0 Å². The first-order chi connectivity index (χ1) is 10.2. The summed E-state index contributed by atoms with van der Waals surface area (Å²) in [6.07, 6.45) is 1.30. The molecule has 7 heteroatoms. The average molecular weight is 296 g/mol. The fourth-order valence-electron chi connectivity index (χ4n) is 2.50. The summed E-state index contributed by atoms with van der Waals surface area (Å²) in [5.41, 5.74) is 0. The van der Waals surface area contributed by atoms with Crippen molar-refractivity contribution in [3.05, 3.63) is 12.7 Å². The number of nitrogens with zero attached hydrogens (tertiary/aromatic N) is 2. The molecule has 0 bridgehead atoms. The maximum absolute atomic E-state index is 12.3. The van der Waals surface area contributed by atoms with E-state index in [9.17, 15) is 9.59 Å². The lowest BCUT2D eigenvalue weighted by atomic mass is 10.2. The van der Waals surface area contributed by atoms with Gasteiger partial charge in [-0.05, 0) is 0 Å². The van der Waals surface area contributed by atoms with Crippen LogP contribution in [0.25, 0.3) is 0 Å². The molecule has 0 saturated carbocycles. The highest BCUT2D eigenvalue weighted by atomic mass is 16.5. The lowest BCUT2D eigenvalue weighted by Crippen LogP contribution is -2.56. The van der Waals surface area contributed by atoms with Crippen LogP contribution in [0.2, 0.25) is 0 Å². The number of ether oxygens (including phenoxy) is 1. The summed E-state index contributed by atoms with van der Waals surface area (Å²) >= 11 is 0. The molecule has 2 amide bonds. The first-order valence-electron chi connectivity index (χ1n) is 7.42. The zero-order valence-corrected chi connectivity index (χ0v) is 12.3. The van der Waals surface area contributed by atoms with Gasteiger partial charge in [0.25, 0.3) is 5.91 Å². The van der Waals surface area contributed by atoms with Crippen LogP contribution < -0.4 is 10.6 Å². The zero-order valence-electron chi connectivity index (χ0n) is 12.3. The van der Waals surface area contributed by atoms with Gasteiger partial charge in [-0.3, -0.25) is 14.5 Å². The predicted molar refractivity (Wildman–Crippen MR) is 78.8 cm³/mol. The quantitative estimate of drug-likeness (QED) is 0.599. The maximum atomic E-state index is 12.3. The molecule has 21 heavy (non-hydrogen) atoms. The van der Waals surface area contributed by atoms with E-state index in [1.165, 1.54) is 0 Å². The summed E-state index contributed by atoms with van der Waals surface area (Å²) in [5.74, 6) is 0.0486. The lowest BCUT2D eigenvalue weighted by molar-refractivity contribution is -0.147. The molecule has 0 aliphatic carbocycles. The van der Waals surface area contributed by atoms with E-state index in [1.54, 1.807) is 6.08 Å². The van der Waals surface area contributed by atoms with Crippen molar-refractivity contribution in [1.82, 2.24) is 20.4 Å². The normalized spacial score (nSPS) is 23.6. The van der Waals surface area contributed by atoms with E-state index in [0.29, 0.717) is 52.4 Å². The third kappa shape index (κ3) is 4.80. The van der Waals surface area contributed by atoms with Gasteiger partial charge in [0.15, 0.2) is 0 Å². The number of hydrogen-bond acceptors (Lipinski definition) is 5. The highest BCUT2D eigenvalue weighted by molar-refractivity contribution is 5.81. The third-order valence-corrected chi connectivity index (χ3v) is 3.70. The summed E-state index contributed by atoms with van der Waals surface area (Å²) in [7, 11) is 0. The molecule has 1 unspecified atom stereocenters. The van der Waals surface area contributed by atoms with Crippen LogP contribution in [-0.2, 0) is 14.3 Å². The van der Waals surface area contributed by atoms with Crippen molar-refractivity contribution in [3.8, 4) is 0 Å². The van der Waals surface area contributed by atoms with Crippen LogP contribution in [0.3, 0.4) is 0 Å². The Morgan fingerprint density at radius 1 is 1.33 bits per heavy atom. The van der Waals surface area contributed by atoms with Gasteiger partial charge in [-0.25, -0.2) is 0 Å². The molecular formula is C14H24N4O3. The van der Waals surface area contributed by atoms with Crippen molar-refractivity contribution in [2.45, 2.75) is 6.10 Å². The molecule has 2 heterocycles. The fourth-order valence-corrected chi connectivity index (χ4v) is 2.50. The smallest absolute Gasteiger partial charge is 0.253 e. The molecule has 2 N–H and O–H groups in total. The van der Waals surface area contributed by atoms with Crippen molar-refractivity contribution in [2.75, 3.05) is 59.0 Å². The minimum Gasteiger partial charge on any atom is -0.366 e. The van der Waals surface area contributed by atoms with Crippen LogP contribution in [-0.4, -0.2) is 86.7 Å². The second kappa shape index (κ2) is 8.11. The predicted octanol–water partition coefficient (Wildman–Crippen LogP) is -1.58. The van der Waals surface area contributed by atoms with Gasteiger partial charge in [0.05, 0.1) is 13.2 Å². The van der Waals surface area contributed by atoms with Gasteiger partial charge in [-0.15, -0.1) is 6.58 Å². The Morgan fingerprint density at radius 3 is 2.71 bits per heavy atom. The van der Waals surface area contributed by atoms with Crippen LogP contribution in [0.1, 0.15) is 0 Å². The molecule has 2 rings (SSSR count). The molecule has 1 atom stereocenters. The van der Waals surface area contributed by atoms with Gasteiger partial charge in [0, 0.05) is 45.8 Å². The largest absolute Gasteiger partial charge is 0.366 e. The van der Waals surface area contributed by atoms with Crippen molar-refractivity contribution >= 4 is 11.8 Å². The topological polar surface area (TPSA) is 73.9 Å². The molecule has 0 aromatic rings. The summed E-state index contributed by atoms with van der Waals surface area (Å²) in [6, 6.07) is 0. The molecule has 0 spiro atoms. The van der Waals surface area contributed by atoms with E-state index in [1.807, 2.05) is 4.90 Å². The van der Waals surface area contributed by atoms with Crippen molar-refractivity contribution < 1.29 is 14.3 Å². The zero-order chi connectivity index (χ0) is 15.1. The van der Waals surface area contributed by atoms with Gasteiger partial charge >= 0.3 is 0 Å². The number of rotatable bonds is 5. The first-order valence-corrected chi connectivity index (χ1v) is 7.42. The number of carbonyl (C=O) groups excluding carboxylic acids is 2. The second-order valence-corrected chi connectivity index (χ2v) is 5.26. The minimum atomic E-state index is -0.360. The minimum absolute atomic E-state index is 0.00510. The highest BCUT2D eigenvalue weighted by Gasteiger charge is 2.29. The molecule has 2 saturated heterocycles. The third-order valence-electron chi connectivity index (χ3n) is 3.70. The van der Waals surface area contributed by atoms with Crippen molar-refractivity contribution in [2.24, 2.45) is 0 Å². The summed E-state index contributed by atoms with van der Waals surface area (Å²) < 4.78 is 5.49. The molecule has 0 aromatic carbocycles.